The number of benzene rings is 1. The predicted molar refractivity (Wildman–Crippen MR) is 74.6 cm³/mol. The molecule has 5 nitrogen and oxygen atoms in total. The molecular formula is C15H17N3O2. The van der Waals surface area contributed by atoms with E-state index in [1.807, 2.05) is 12.1 Å². The van der Waals surface area contributed by atoms with E-state index < -0.39 is 6.04 Å². The first-order valence-corrected chi connectivity index (χ1v) is 6.68. The number of carbonyl (C=O) groups is 1. The number of hydrogen-bond donors (Lipinski definition) is 1. The Bertz CT molecular complexity index is 632. The predicted octanol–water partition coefficient (Wildman–Crippen LogP) is 1.84. The van der Waals surface area contributed by atoms with Crippen LogP contribution in [0.4, 0.5) is 0 Å². The van der Waals surface area contributed by atoms with Gasteiger partial charge < -0.3 is 10.5 Å². The van der Waals surface area contributed by atoms with E-state index in [4.69, 9.17) is 10.5 Å². The summed E-state index contributed by atoms with van der Waals surface area (Å²) in [6, 6.07) is 6.51. The minimum absolute atomic E-state index is 0.126. The van der Waals surface area contributed by atoms with Crippen LogP contribution in [0.5, 0.6) is 5.75 Å². The van der Waals surface area contributed by atoms with E-state index in [1.54, 1.807) is 36.3 Å². The largest absolute Gasteiger partial charge is 0.490 e. The summed E-state index contributed by atoms with van der Waals surface area (Å²) in [6.45, 7) is 0. The molecule has 0 radical (unpaired) electrons. The summed E-state index contributed by atoms with van der Waals surface area (Å²) in [5.41, 5.74) is 7.29. The van der Waals surface area contributed by atoms with Gasteiger partial charge in [-0.25, -0.2) is 0 Å². The van der Waals surface area contributed by atoms with Crippen LogP contribution in [0.1, 0.15) is 34.8 Å². The number of Topliss-reactive ketones (excluding diaryl/α,β-unsaturated/α-hetero) is 1. The van der Waals surface area contributed by atoms with E-state index in [9.17, 15) is 4.79 Å². The van der Waals surface area contributed by atoms with Crippen LogP contribution in [0.25, 0.3) is 0 Å². The van der Waals surface area contributed by atoms with Gasteiger partial charge in [0, 0.05) is 24.4 Å². The molecule has 1 unspecified atom stereocenters. The lowest BCUT2D eigenvalue weighted by atomic mass is 10.0. The van der Waals surface area contributed by atoms with Crippen LogP contribution in [-0.2, 0) is 7.05 Å². The molecule has 0 spiro atoms. The molecular weight excluding hydrogens is 254 g/mol. The van der Waals surface area contributed by atoms with E-state index in [1.165, 1.54) is 0 Å². The summed E-state index contributed by atoms with van der Waals surface area (Å²) in [5.74, 6) is 0.607. The van der Waals surface area contributed by atoms with Crippen molar-refractivity contribution in [1.29, 1.82) is 0 Å². The Morgan fingerprint density at radius 3 is 2.95 bits per heavy atom. The second kappa shape index (κ2) is 5.09. The molecule has 2 N–H and O–H groups in total. The van der Waals surface area contributed by atoms with Gasteiger partial charge in [-0.15, -0.1) is 0 Å². The summed E-state index contributed by atoms with van der Waals surface area (Å²) in [6.07, 6.45) is 5.87. The molecule has 1 fully saturated rings. The maximum absolute atomic E-state index is 12.4. The first-order chi connectivity index (χ1) is 9.63. The second-order valence-corrected chi connectivity index (χ2v) is 5.13. The standard InChI is InChI=1S/C15H17N3O2/c1-18-9-11(8-17-18)14(16)15(19)10-3-2-4-13(7-10)20-12-5-6-12/h2-4,7-9,12,14H,5-6,16H2,1H3. The highest BCUT2D eigenvalue weighted by atomic mass is 16.5. The Morgan fingerprint density at radius 1 is 1.50 bits per heavy atom. The van der Waals surface area contributed by atoms with Crippen LogP contribution < -0.4 is 10.5 Å². The van der Waals surface area contributed by atoms with Crippen molar-refractivity contribution in [3.05, 3.63) is 47.8 Å². The van der Waals surface area contributed by atoms with Gasteiger partial charge in [0.15, 0.2) is 5.78 Å². The van der Waals surface area contributed by atoms with Crippen molar-refractivity contribution in [2.45, 2.75) is 25.0 Å². The van der Waals surface area contributed by atoms with Crippen LogP contribution in [-0.4, -0.2) is 21.7 Å². The number of aryl methyl sites for hydroxylation is 1. The number of carbonyl (C=O) groups excluding carboxylic acids is 1. The number of ether oxygens (including phenoxy) is 1. The van der Waals surface area contributed by atoms with Crippen LogP contribution in [0.15, 0.2) is 36.7 Å². The SMILES string of the molecule is Cn1cc(C(N)C(=O)c2cccc(OC3CC3)c2)cn1. The van der Waals surface area contributed by atoms with E-state index in [-0.39, 0.29) is 5.78 Å². The highest BCUT2D eigenvalue weighted by Crippen LogP contribution is 2.27. The molecule has 1 aliphatic rings. The van der Waals surface area contributed by atoms with E-state index in [2.05, 4.69) is 5.10 Å². The van der Waals surface area contributed by atoms with Gasteiger partial charge in [0.1, 0.15) is 5.75 Å². The molecule has 1 aromatic heterocycles. The van der Waals surface area contributed by atoms with E-state index >= 15 is 0 Å². The van der Waals surface area contributed by atoms with Crippen molar-refractivity contribution < 1.29 is 9.53 Å². The summed E-state index contributed by atoms with van der Waals surface area (Å²) < 4.78 is 7.33. The van der Waals surface area contributed by atoms with Gasteiger partial charge in [0.05, 0.1) is 18.3 Å². The van der Waals surface area contributed by atoms with Crippen LogP contribution in [0.3, 0.4) is 0 Å². The summed E-state index contributed by atoms with van der Waals surface area (Å²) in [7, 11) is 1.80. The molecule has 0 bridgehead atoms. The molecule has 0 saturated heterocycles. The molecule has 1 aromatic carbocycles. The molecule has 1 saturated carbocycles. The lowest BCUT2D eigenvalue weighted by molar-refractivity contribution is 0.0961. The van der Waals surface area contributed by atoms with Crippen molar-refractivity contribution in [2.24, 2.45) is 12.8 Å². The summed E-state index contributed by atoms with van der Waals surface area (Å²) in [4.78, 5) is 12.4. The smallest absolute Gasteiger partial charge is 0.184 e. The molecule has 1 aliphatic carbocycles. The number of rotatable bonds is 5. The van der Waals surface area contributed by atoms with Gasteiger partial charge >= 0.3 is 0 Å². The fourth-order valence-electron chi connectivity index (χ4n) is 2.03. The van der Waals surface area contributed by atoms with Crippen LogP contribution in [0, 0.1) is 0 Å². The van der Waals surface area contributed by atoms with Gasteiger partial charge in [-0.05, 0) is 25.0 Å². The van der Waals surface area contributed by atoms with Gasteiger partial charge in [-0.1, -0.05) is 12.1 Å². The lowest BCUT2D eigenvalue weighted by Gasteiger charge is -2.10. The normalized spacial score (nSPS) is 15.9. The molecule has 104 valence electrons. The third kappa shape index (κ3) is 2.72. The lowest BCUT2D eigenvalue weighted by Crippen LogP contribution is -2.21. The quantitative estimate of drug-likeness (QED) is 0.842. The van der Waals surface area contributed by atoms with E-state index in [0.29, 0.717) is 17.2 Å². The highest BCUT2D eigenvalue weighted by molar-refractivity contribution is 6.00. The number of nitrogens with zero attached hydrogens (tertiary/aromatic N) is 2. The van der Waals surface area contributed by atoms with Gasteiger partial charge in [-0.3, -0.25) is 9.48 Å². The Kier molecular flexibility index (Phi) is 3.28. The molecule has 2 aromatic rings. The third-order valence-corrected chi connectivity index (χ3v) is 3.31. The number of ketones is 1. The Balaban J connectivity index is 1.78. The maximum atomic E-state index is 12.4. The zero-order chi connectivity index (χ0) is 14.1. The first kappa shape index (κ1) is 12.9. The molecule has 1 heterocycles. The fraction of sp³-hybridized carbons (Fsp3) is 0.333. The Morgan fingerprint density at radius 2 is 2.30 bits per heavy atom. The van der Waals surface area contributed by atoms with Crippen LogP contribution >= 0.6 is 0 Å². The topological polar surface area (TPSA) is 70.1 Å². The van der Waals surface area contributed by atoms with Crippen molar-refractivity contribution in [3.63, 3.8) is 0 Å². The van der Waals surface area contributed by atoms with Crippen molar-refractivity contribution in [3.8, 4) is 5.75 Å². The zero-order valence-corrected chi connectivity index (χ0v) is 11.3. The Labute approximate surface area is 117 Å². The molecule has 1 atom stereocenters. The van der Waals surface area contributed by atoms with Crippen molar-refractivity contribution in [2.75, 3.05) is 0 Å². The van der Waals surface area contributed by atoms with Gasteiger partial charge in [0.25, 0.3) is 0 Å². The number of aromatic nitrogens is 2. The molecule has 20 heavy (non-hydrogen) atoms. The summed E-state index contributed by atoms with van der Waals surface area (Å²) in [5, 5.41) is 4.04. The van der Waals surface area contributed by atoms with Gasteiger partial charge in [-0.2, -0.15) is 5.10 Å². The fourth-order valence-corrected chi connectivity index (χ4v) is 2.03. The number of hydrogen-bond acceptors (Lipinski definition) is 4. The third-order valence-electron chi connectivity index (χ3n) is 3.31. The zero-order valence-electron chi connectivity index (χ0n) is 11.3. The first-order valence-electron chi connectivity index (χ1n) is 6.68. The average Bonchev–Trinajstić information content (AvgIpc) is 3.16. The molecule has 3 rings (SSSR count). The minimum atomic E-state index is -0.695. The minimum Gasteiger partial charge on any atom is -0.490 e. The maximum Gasteiger partial charge on any atom is 0.184 e. The second-order valence-electron chi connectivity index (χ2n) is 5.13. The summed E-state index contributed by atoms with van der Waals surface area (Å²) >= 11 is 0. The van der Waals surface area contributed by atoms with E-state index in [0.717, 1.165) is 18.6 Å². The van der Waals surface area contributed by atoms with Crippen LogP contribution in [0.2, 0.25) is 0 Å². The van der Waals surface area contributed by atoms with Crippen molar-refractivity contribution >= 4 is 5.78 Å². The average molecular weight is 271 g/mol. The highest BCUT2D eigenvalue weighted by Gasteiger charge is 2.24. The van der Waals surface area contributed by atoms with Gasteiger partial charge in [0.2, 0.25) is 0 Å². The molecule has 5 heteroatoms. The number of nitrogens with two attached hydrogens (primary N) is 1. The molecule has 0 amide bonds. The monoisotopic (exact) mass is 271 g/mol. The Hall–Kier alpha value is -2.14. The molecule has 0 aliphatic heterocycles. The van der Waals surface area contributed by atoms with Crippen molar-refractivity contribution in [1.82, 2.24) is 9.78 Å².